The van der Waals surface area contributed by atoms with Gasteiger partial charge in [-0.25, -0.2) is 0 Å². The zero-order valence-electron chi connectivity index (χ0n) is 17.7. The number of fused-ring (bicyclic) bond motifs is 1. The third kappa shape index (κ3) is 4.79. The number of hydrogen-bond donors (Lipinski definition) is 1. The Balaban J connectivity index is 1.55. The minimum Gasteiger partial charge on any atom is -0.385 e. The Kier molecular flexibility index (Phi) is 6.28. The molecular formula is C25H22ClF3N2O2. The van der Waals surface area contributed by atoms with Crippen LogP contribution in [0.25, 0.3) is 10.9 Å². The van der Waals surface area contributed by atoms with E-state index in [1.54, 1.807) is 12.1 Å². The smallest absolute Gasteiger partial charge is 0.385 e. The first-order valence-electron chi connectivity index (χ1n) is 10.5. The Morgan fingerprint density at radius 1 is 1.12 bits per heavy atom. The number of aromatic nitrogens is 1. The molecule has 172 valence electrons. The van der Waals surface area contributed by atoms with Crippen LogP contribution >= 0.6 is 11.6 Å². The topological polar surface area (TPSA) is 45.5 Å². The van der Waals surface area contributed by atoms with Gasteiger partial charge in [-0.15, -0.1) is 6.42 Å². The summed E-state index contributed by atoms with van der Waals surface area (Å²) in [6, 6.07) is 11.9. The van der Waals surface area contributed by atoms with Crippen LogP contribution in [-0.2, 0) is 24.9 Å². The van der Waals surface area contributed by atoms with Gasteiger partial charge >= 0.3 is 6.18 Å². The maximum atomic E-state index is 13.1. The molecule has 0 bridgehead atoms. The highest BCUT2D eigenvalue weighted by atomic mass is 35.5. The van der Waals surface area contributed by atoms with Gasteiger partial charge in [0.15, 0.2) is 0 Å². The maximum absolute atomic E-state index is 13.1. The Hall–Kier alpha value is -2.79. The van der Waals surface area contributed by atoms with E-state index in [4.69, 9.17) is 18.0 Å². The molecule has 1 aliphatic heterocycles. The highest BCUT2D eigenvalue weighted by molar-refractivity contribution is 6.31. The fourth-order valence-corrected chi connectivity index (χ4v) is 4.53. The molecule has 4 nitrogen and oxygen atoms in total. The summed E-state index contributed by atoms with van der Waals surface area (Å²) < 4.78 is 40.8. The average molecular weight is 475 g/mol. The van der Waals surface area contributed by atoms with E-state index in [0.717, 1.165) is 17.5 Å². The molecule has 0 atom stereocenters. The van der Waals surface area contributed by atoms with Crippen LogP contribution in [0, 0.1) is 12.3 Å². The van der Waals surface area contributed by atoms with Crippen molar-refractivity contribution in [1.82, 2.24) is 9.47 Å². The number of halogens is 4. The second kappa shape index (κ2) is 8.86. The molecule has 3 aromatic rings. The van der Waals surface area contributed by atoms with Crippen molar-refractivity contribution in [2.45, 2.75) is 37.7 Å². The summed E-state index contributed by atoms with van der Waals surface area (Å²) in [5, 5.41) is 12.4. The van der Waals surface area contributed by atoms with Gasteiger partial charge in [-0.05, 0) is 54.1 Å². The van der Waals surface area contributed by atoms with Crippen molar-refractivity contribution in [3.05, 3.63) is 80.6 Å². The summed E-state index contributed by atoms with van der Waals surface area (Å²) in [6.07, 6.45) is 1.52. The third-order valence-electron chi connectivity index (χ3n) is 6.19. The number of benzene rings is 2. The van der Waals surface area contributed by atoms with Gasteiger partial charge in [-0.3, -0.25) is 14.3 Å². The van der Waals surface area contributed by atoms with Gasteiger partial charge in [-0.1, -0.05) is 35.7 Å². The van der Waals surface area contributed by atoms with Crippen LogP contribution < -0.4 is 5.56 Å². The molecule has 8 heteroatoms. The summed E-state index contributed by atoms with van der Waals surface area (Å²) in [7, 11) is 0. The number of nitrogens with zero attached hydrogens (tertiary/aromatic N) is 2. The van der Waals surface area contributed by atoms with Crippen molar-refractivity contribution < 1.29 is 18.3 Å². The number of hydrogen-bond acceptors (Lipinski definition) is 3. The molecule has 33 heavy (non-hydrogen) atoms. The first kappa shape index (κ1) is 23.4. The lowest BCUT2D eigenvalue weighted by molar-refractivity contribution is -0.137. The first-order chi connectivity index (χ1) is 15.6. The number of likely N-dealkylation sites (tertiary alicyclic amines) is 1. The van der Waals surface area contributed by atoms with Crippen LogP contribution in [0.1, 0.15) is 29.5 Å². The number of aliphatic hydroxyl groups is 1. The number of piperidine rings is 1. The average Bonchev–Trinajstić information content (AvgIpc) is 2.78. The third-order valence-corrected chi connectivity index (χ3v) is 6.42. The molecule has 4 rings (SSSR count). The quantitative estimate of drug-likeness (QED) is 0.553. The molecule has 1 saturated heterocycles. The van der Waals surface area contributed by atoms with Gasteiger partial charge in [0.1, 0.15) is 0 Å². The van der Waals surface area contributed by atoms with Gasteiger partial charge < -0.3 is 5.11 Å². The minimum absolute atomic E-state index is 0.110. The van der Waals surface area contributed by atoms with Crippen molar-refractivity contribution in [2.75, 3.05) is 13.1 Å². The monoisotopic (exact) mass is 474 g/mol. The second-order valence-electron chi connectivity index (χ2n) is 8.35. The van der Waals surface area contributed by atoms with E-state index in [2.05, 4.69) is 5.92 Å². The Bertz CT molecular complexity index is 1290. The van der Waals surface area contributed by atoms with Crippen molar-refractivity contribution in [3.8, 4) is 12.3 Å². The fourth-order valence-electron chi connectivity index (χ4n) is 4.36. The van der Waals surface area contributed by atoms with E-state index < -0.39 is 17.3 Å². The van der Waals surface area contributed by atoms with E-state index in [1.165, 1.54) is 16.7 Å². The number of pyridine rings is 1. The molecule has 1 fully saturated rings. The highest BCUT2D eigenvalue weighted by Gasteiger charge is 2.37. The second-order valence-corrected chi connectivity index (χ2v) is 8.79. The molecule has 0 spiro atoms. The van der Waals surface area contributed by atoms with E-state index >= 15 is 0 Å². The Morgan fingerprint density at radius 3 is 2.52 bits per heavy atom. The molecule has 1 N–H and O–H groups in total. The summed E-state index contributed by atoms with van der Waals surface area (Å²) >= 11 is 6.09. The summed E-state index contributed by atoms with van der Waals surface area (Å²) in [4.78, 5) is 15.1. The van der Waals surface area contributed by atoms with Gasteiger partial charge in [-0.2, -0.15) is 13.2 Å². The lowest BCUT2D eigenvalue weighted by atomic mass is 9.83. The molecule has 1 aromatic heterocycles. The normalized spacial score (nSPS) is 16.6. The number of alkyl halides is 3. The Labute approximate surface area is 194 Å². The fraction of sp³-hybridized carbons (Fsp3) is 0.320. The van der Waals surface area contributed by atoms with Crippen molar-refractivity contribution in [2.24, 2.45) is 0 Å². The Morgan fingerprint density at radius 2 is 1.85 bits per heavy atom. The van der Waals surface area contributed by atoms with Gasteiger partial charge in [0, 0.05) is 30.2 Å². The summed E-state index contributed by atoms with van der Waals surface area (Å²) in [6.45, 7) is 1.32. The predicted octanol–water partition coefficient (Wildman–Crippen LogP) is 4.79. The van der Waals surface area contributed by atoms with Crippen LogP contribution in [0.5, 0.6) is 0 Å². The molecular weight excluding hydrogens is 453 g/mol. The molecule has 2 aromatic carbocycles. The minimum atomic E-state index is -4.47. The van der Waals surface area contributed by atoms with Crippen LogP contribution in [0.15, 0.2) is 53.3 Å². The van der Waals surface area contributed by atoms with E-state index in [-0.39, 0.29) is 30.5 Å². The molecule has 0 saturated carbocycles. The van der Waals surface area contributed by atoms with Crippen LogP contribution in [0.3, 0.4) is 0 Å². The maximum Gasteiger partial charge on any atom is 0.416 e. The van der Waals surface area contributed by atoms with Crippen LogP contribution in [0.2, 0.25) is 5.02 Å². The van der Waals surface area contributed by atoms with Gasteiger partial charge in [0.2, 0.25) is 0 Å². The standard InChI is InChI=1S/C25H22ClF3N2O2/c1-2-10-31-22-15-21(26)7-6-17(22)13-18(23(31)32)16-30-11-8-24(33,9-12-30)19-4-3-5-20(14-19)25(27,28)29/h1,3-7,13-15,33H,8-12,16H2. The summed E-state index contributed by atoms with van der Waals surface area (Å²) in [5.74, 6) is 2.50. The van der Waals surface area contributed by atoms with Crippen molar-refractivity contribution in [3.63, 3.8) is 0 Å². The highest BCUT2D eigenvalue weighted by Crippen LogP contribution is 2.37. The summed E-state index contributed by atoms with van der Waals surface area (Å²) in [5.41, 5.74) is -0.850. The van der Waals surface area contributed by atoms with E-state index in [0.29, 0.717) is 35.7 Å². The molecule has 0 radical (unpaired) electrons. The first-order valence-corrected chi connectivity index (χ1v) is 10.9. The molecule has 0 amide bonds. The number of terminal acetylenes is 1. The molecule has 0 aliphatic carbocycles. The van der Waals surface area contributed by atoms with Gasteiger partial charge in [0.05, 0.1) is 23.2 Å². The van der Waals surface area contributed by atoms with E-state index in [1.807, 2.05) is 17.0 Å². The predicted molar refractivity (Wildman–Crippen MR) is 122 cm³/mol. The van der Waals surface area contributed by atoms with Crippen LogP contribution in [-0.4, -0.2) is 27.7 Å². The molecule has 0 unspecified atom stereocenters. The largest absolute Gasteiger partial charge is 0.416 e. The molecule has 2 heterocycles. The van der Waals surface area contributed by atoms with Gasteiger partial charge in [0.25, 0.3) is 5.56 Å². The van der Waals surface area contributed by atoms with Crippen molar-refractivity contribution >= 4 is 22.5 Å². The SMILES string of the molecule is C#CCn1c(=O)c(CN2CCC(O)(c3cccc(C(F)(F)F)c3)CC2)cc2ccc(Cl)cc21. The van der Waals surface area contributed by atoms with Crippen molar-refractivity contribution in [1.29, 1.82) is 0 Å². The van der Waals surface area contributed by atoms with E-state index in [9.17, 15) is 23.1 Å². The lowest BCUT2D eigenvalue weighted by Crippen LogP contribution is -2.43. The van der Waals surface area contributed by atoms with Crippen LogP contribution in [0.4, 0.5) is 13.2 Å². The zero-order chi connectivity index (χ0) is 23.8. The lowest BCUT2D eigenvalue weighted by Gasteiger charge is -2.38. The molecule has 1 aliphatic rings. The zero-order valence-corrected chi connectivity index (χ0v) is 18.5. The number of rotatable bonds is 4.